The molecule has 0 saturated carbocycles. The first kappa shape index (κ1) is 22.1. The van der Waals surface area contributed by atoms with E-state index in [2.05, 4.69) is 10.6 Å². The van der Waals surface area contributed by atoms with Crippen molar-refractivity contribution >= 4 is 24.2 Å². The van der Waals surface area contributed by atoms with Gasteiger partial charge in [0.2, 0.25) is 11.8 Å². The van der Waals surface area contributed by atoms with Crippen molar-refractivity contribution in [3.05, 3.63) is 23.8 Å². The minimum absolute atomic E-state index is 0. The van der Waals surface area contributed by atoms with E-state index < -0.39 is 0 Å². The molecule has 1 aliphatic rings. The third-order valence-electron chi connectivity index (χ3n) is 4.38. The van der Waals surface area contributed by atoms with Crippen LogP contribution in [0.1, 0.15) is 12.0 Å². The van der Waals surface area contributed by atoms with Crippen LogP contribution in [0.2, 0.25) is 0 Å². The van der Waals surface area contributed by atoms with Gasteiger partial charge in [-0.25, -0.2) is 0 Å². The highest BCUT2D eigenvalue weighted by Gasteiger charge is 2.33. The standard InChI is InChI=1S/C18H27N3O4.ClH/c1-19-7-8-20-18(23)14-11-17(22)21(12-14)9-6-13-4-5-15(24-2)16(10-13)25-3;/h4-5,10,14,19H,6-9,11-12H2,1-3H3,(H,20,23);1H. The van der Waals surface area contributed by atoms with Crippen molar-refractivity contribution in [2.75, 3.05) is 47.4 Å². The second kappa shape index (κ2) is 10.9. The van der Waals surface area contributed by atoms with Gasteiger partial charge in [-0.3, -0.25) is 9.59 Å². The van der Waals surface area contributed by atoms with Crippen LogP contribution in [-0.4, -0.2) is 64.2 Å². The monoisotopic (exact) mass is 385 g/mol. The predicted molar refractivity (Wildman–Crippen MR) is 102 cm³/mol. The van der Waals surface area contributed by atoms with Crippen molar-refractivity contribution in [2.45, 2.75) is 12.8 Å². The molecule has 1 fully saturated rings. The summed E-state index contributed by atoms with van der Waals surface area (Å²) < 4.78 is 10.5. The summed E-state index contributed by atoms with van der Waals surface area (Å²) in [6, 6.07) is 5.74. The molecule has 146 valence electrons. The van der Waals surface area contributed by atoms with Gasteiger partial charge in [-0.05, 0) is 31.2 Å². The predicted octanol–water partition coefficient (Wildman–Crippen LogP) is 0.852. The van der Waals surface area contributed by atoms with Crippen molar-refractivity contribution in [2.24, 2.45) is 5.92 Å². The van der Waals surface area contributed by atoms with Gasteiger partial charge in [0.15, 0.2) is 11.5 Å². The maximum absolute atomic E-state index is 12.2. The van der Waals surface area contributed by atoms with Crippen LogP contribution >= 0.6 is 12.4 Å². The van der Waals surface area contributed by atoms with E-state index in [0.717, 1.165) is 12.1 Å². The number of nitrogens with zero attached hydrogens (tertiary/aromatic N) is 1. The number of likely N-dealkylation sites (N-methyl/N-ethyl adjacent to an activating group) is 1. The van der Waals surface area contributed by atoms with Gasteiger partial charge >= 0.3 is 0 Å². The van der Waals surface area contributed by atoms with Crippen molar-refractivity contribution in [3.63, 3.8) is 0 Å². The van der Waals surface area contributed by atoms with Crippen LogP contribution in [0.15, 0.2) is 18.2 Å². The summed E-state index contributed by atoms with van der Waals surface area (Å²) in [5, 5.41) is 5.83. The first-order chi connectivity index (χ1) is 12.1. The molecule has 2 rings (SSSR count). The Balaban J connectivity index is 0.00000338. The van der Waals surface area contributed by atoms with E-state index in [1.54, 1.807) is 19.1 Å². The Morgan fingerprint density at radius 1 is 1.23 bits per heavy atom. The number of hydrogen-bond donors (Lipinski definition) is 2. The molecule has 0 aromatic heterocycles. The highest BCUT2D eigenvalue weighted by molar-refractivity contribution is 5.89. The highest BCUT2D eigenvalue weighted by atomic mass is 35.5. The average Bonchev–Trinajstić information content (AvgIpc) is 3.00. The van der Waals surface area contributed by atoms with E-state index in [0.29, 0.717) is 37.6 Å². The molecule has 0 radical (unpaired) electrons. The molecule has 2 N–H and O–H groups in total. The zero-order valence-corrected chi connectivity index (χ0v) is 16.4. The van der Waals surface area contributed by atoms with Crippen LogP contribution in [0.3, 0.4) is 0 Å². The van der Waals surface area contributed by atoms with Gasteiger partial charge < -0.3 is 25.0 Å². The topological polar surface area (TPSA) is 79.9 Å². The molecular formula is C18H28ClN3O4. The molecule has 1 heterocycles. The van der Waals surface area contributed by atoms with E-state index in [9.17, 15) is 9.59 Å². The number of amides is 2. The van der Waals surface area contributed by atoms with Gasteiger partial charge in [-0.2, -0.15) is 0 Å². The number of likely N-dealkylation sites (tertiary alicyclic amines) is 1. The number of carbonyl (C=O) groups is 2. The zero-order valence-electron chi connectivity index (χ0n) is 15.5. The Morgan fingerprint density at radius 2 is 1.96 bits per heavy atom. The first-order valence-corrected chi connectivity index (χ1v) is 8.50. The lowest BCUT2D eigenvalue weighted by atomic mass is 10.1. The van der Waals surface area contributed by atoms with Gasteiger partial charge in [-0.15, -0.1) is 12.4 Å². The van der Waals surface area contributed by atoms with Crippen LogP contribution in [0.25, 0.3) is 0 Å². The fraction of sp³-hybridized carbons (Fsp3) is 0.556. The summed E-state index contributed by atoms with van der Waals surface area (Å²) >= 11 is 0. The molecular weight excluding hydrogens is 358 g/mol. The molecule has 8 heteroatoms. The Kier molecular flexibility index (Phi) is 9.23. The van der Waals surface area contributed by atoms with Crippen molar-refractivity contribution in [3.8, 4) is 11.5 Å². The largest absolute Gasteiger partial charge is 0.493 e. The second-order valence-electron chi connectivity index (χ2n) is 6.07. The molecule has 1 aliphatic heterocycles. The first-order valence-electron chi connectivity index (χ1n) is 8.50. The van der Waals surface area contributed by atoms with Gasteiger partial charge in [0.05, 0.1) is 20.1 Å². The van der Waals surface area contributed by atoms with E-state index in [1.165, 1.54) is 0 Å². The molecule has 0 bridgehead atoms. The lowest BCUT2D eigenvalue weighted by molar-refractivity contribution is -0.129. The summed E-state index contributed by atoms with van der Waals surface area (Å²) in [5.41, 5.74) is 1.06. The molecule has 1 atom stereocenters. The number of benzene rings is 1. The number of ether oxygens (including phenoxy) is 2. The molecule has 1 aromatic carbocycles. The van der Waals surface area contributed by atoms with Crippen LogP contribution < -0.4 is 20.1 Å². The van der Waals surface area contributed by atoms with Crippen molar-refractivity contribution in [1.82, 2.24) is 15.5 Å². The lowest BCUT2D eigenvalue weighted by Gasteiger charge is -2.17. The average molecular weight is 386 g/mol. The number of hydrogen-bond acceptors (Lipinski definition) is 5. The van der Waals surface area contributed by atoms with Crippen LogP contribution in [-0.2, 0) is 16.0 Å². The van der Waals surface area contributed by atoms with Gasteiger partial charge in [0, 0.05) is 32.6 Å². The van der Waals surface area contributed by atoms with Crippen molar-refractivity contribution in [1.29, 1.82) is 0 Å². The maximum Gasteiger partial charge on any atom is 0.225 e. The van der Waals surface area contributed by atoms with Gasteiger partial charge in [0.25, 0.3) is 0 Å². The maximum atomic E-state index is 12.2. The van der Waals surface area contributed by atoms with Crippen LogP contribution in [0, 0.1) is 5.92 Å². The molecule has 1 saturated heterocycles. The summed E-state index contributed by atoms with van der Waals surface area (Å²) in [6.07, 6.45) is 0.998. The Labute approximate surface area is 160 Å². The summed E-state index contributed by atoms with van der Waals surface area (Å²) in [6.45, 7) is 2.37. The van der Waals surface area contributed by atoms with Crippen LogP contribution in [0.5, 0.6) is 11.5 Å². The second-order valence-corrected chi connectivity index (χ2v) is 6.07. The Hall–Kier alpha value is -1.99. The van der Waals surface area contributed by atoms with Gasteiger partial charge in [0.1, 0.15) is 0 Å². The quantitative estimate of drug-likeness (QED) is 0.616. The Bertz CT molecular complexity index is 612. The molecule has 1 unspecified atom stereocenters. The summed E-state index contributed by atoms with van der Waals surface area (Å²) in [4.78, 5) is 26.0. The van der Waals surface area contributed by atoms with Crippen molar-refractivity contribution < 1.29 is 19.1 Å². The summed E-state index contributed by atoms with van der Waals surface area (Å²) in [7, 11) is 5.03. The van der Waals surface area contributed by atoms with Crippen LogP contribution in [0.4, 0.5) is 0 Å². The molecule has 0 spiro atoms. The molecule has 7 nitrogen and oxygen atoms in total. The zero-order chi connectivity index (χ0) is 18.2. The fourth-order valence-electron chi connectivity index (χ4n) is 2.92. The number of nitrogens with one attached hydrogen (secondary N) is 2. The fourth-order valence-corrected chi connectivity index (χ4v) is 2.92. The minimum atomic E-state index is -0.255. The number of halogens is 1. The van der Waals surface area contributed by atoms with E-state index in [1.807, 2.05) is 25.2 Å². The highest BCUT2D eigenvalue weighted by Crippen LogP contribution is 2.28. The van der Waals surface area contributed by atoms with E-state index >= 15 is 0 Å². The Morgan fingerprint density at radius 3 is 2.62 bits per heavy atom. The SMILES string of the molecule is CNCCNC(=O)C1CC(=O)N(CCc2ccc(OC)c(OC)c2)C1.Cl. The third kappa shape index (κ3) is 5.78. The molecule has 2 amide bonds. The molecule has 1 aromatic rings. The molecule has 26 heavy (non-hydrogen) atoms. The normalized spacial score (nSPS) is 16.2. The van der Waals surface area contributed by atoms with E-state index in [-0.39, 0.29) is 36.6 Å². The van der Waals surface area contributed by atoms with E-state index in [4.69, 9.17) is 9.47 Å². The minimum Gasteiger partial charge on any atom is -0.493 e. The number of methoxy groups -OCH3 is 2. The smallest absolute Gasteiger partial charge is 0.225 e. The lowest BCUT2D eigenvalue weighted by Crippen LogP contribution is -2.36. The van der Waals surface area contributed by atoms with Gasteiger partial charge in [-0.1, -0.05) is 6.07 Å². The number of carbonyl (C=O) groups excluding carboxylic acids is 2. The third-order valence-corrected chi connectivity index (χ3v) is 4.38. The summed E-state index contributed by atoms with van der Waals surface area (Å²) in [5.74, 6) is 1.09. The molecule has 0 aliphatic carbocycles. The number of rotatable bonds is 9.